The average molecular weight is 290 g/mol. The van der Waals surface area contributed by atoms with Crippen molar-refractivity contribution in [3.63, 3.8) is 0 Å². The molecule has 0 saturated heterocycles. The predicted molar refractivity (Wildman–Crippen MR) is 79.8 cm³/mol. The third-order valence-corrected chi connectivity index (χ3v) is 4.23. The van der Waals surface area contributed by atoms with Gasteiger partial charge in [-0.2, -0.15) is 0 Å². The van der Waals surface area contributed by atoms with E-state index in [0.717, 1.165) is 27.8 Å². The molecule has 0 unspecified atom stereocenters. The topological polar surface area (TPSA) is 38.7 Å². The second-order valence-corrected chi connectivity index (χ2v) is 5.89. The maximum absolute atomic E-state index is 6.26. The Morgan fingerprint density at radius 2 is 2.16 bits per heavy atom. The summed E-state index contributed by atoms with van der Waals surface area (Å²) in [5.41, 5.74) is 2.14. The maximum Gasteiger partial charge on any atom is 0.162 e. The number of fused-ring (bicyclic) bond motifs is 1. The van der Waals surface area contributed by atoms with Crippen molar-refractivity contribution < 1.29 is 0 Å². The van der Waals surface area contributed by atoms with Crippen LogP contribution in [0.5, 0.6) is 0 Å². The van der Waals surface area contributed by atoms with Gasteiger partial charge in [0.25, 0.3) is 0 Å². The van der Waals surface area contributed by atoms with Gasteiger partial charge in [0.15, 0.2) is 5.82 Å². The van der Waals surface area contributed by atoms with Crippen molar-refractivity contribution in [3.05, 3.63) is 40.1 Å². The van der Waals surface area contributed by atoms with Gasteiger partial charge in [0.1, 0.15) is 9.98 Å². The number of aryl methyl sites for hydroxylation is 2. The van der Waals surface area contributed by atoms with E-state index in [1.807, 2.05) is 25.3 Å². The van der Waals surface area contributed by atoms with Crippen LogP contribution >= 0.6 is 22.9 Å². The molecule has 0 amide bonds. The van der Waals surface area contributed by atoms with E-state index in [1.165, 1.54) is 4.88 Å². The van der Waals surface area contributed by atoms with Crippen LogP contribution < -0.4 is 0 Å². The fourth-order valence-corrected chi connectivity index (χ4v) is 3.21. The zero-order valence-electron chi connectivity index (χ0n) is 10.6. The quantitative estimate of drug-likeness (QED) is 0.661. The number of hydrogen-bond donors (Lipinski definition) is 0. The molecule has 19 heavy (non-hydrogen) atoms. The minimum absolute atomic E-state index is 0.517. The summed E-state index contributed by atoms with van der Waals surface area (Å²) in [6.07, 6.45) is 4.51. The van der Waals surface area contributed by atoms with Crippen LogP contribution in [0.2, 0.25) is 5.15 Å². The third kappa shape index (κ3) is 2.22. The lowest BCUT2D eigenvalue weighted by atomic mass is 10.1. The van der Waals surface area contributed by atoms with Gasteiger partial charge >= 0.3 is 0 Å². The van der Waals surface area contributed by atoms with Crippen molar-refractivity contribution in [3.8, 4) is 11.4 Å². The van der Waals surface area contributed by atoms with Crippen LogP contribution in [0.3, 0.4) is 0 Å². The summed E-state index contributed by atoms with van der Waals surface area (Å²) in [7, 11) is 0. The highest BCUT2D eigenvalue weighted by molar-refractivity contribution is 7.18. The second kappa shape index (κ2) is 4.87. The molecule has 3 rings (SSSR count). The molecule has 3 heterocycles. The number of thiophene rings is 1. The van der Waals surface area contributed by atoms with E-state index in [2.05, 4.69) is 21.9 Å². The van der Waals surface area contributed by atoms with Crippen LogP contribution in [-0.2, 0) is 6.42 Å². The highest BCUT2D eigenvalue weighted by atomic mass is 35.5. The molecule has 0 spiro atoms. The van der Waals surface area contributed by atoms with Crippen LogP contribution in [-0.4, -0.2) is 15.0 Å². The van der Waals surface area contributed by atoms with Crippen molar-refractivity contribution in [2.45, 2.75) is 20.3 Å². The summed E-state index contributed by atoms with van der Waals surface area (Å²) in [6.45, 7) is 4.14. The molecule has 96 valence electrons. The van der Waals surface area contributed by atoms with Gasteiger partial charge in [-0.25, -0.2) is 9.97 Å². The van der Waals surface area contributed by atoms with Crippen LogP contribution in [0.25, 0.3) is 21.6 Å². The largest absolute Gasteiger partial charge is 0.264 e. The zero-order chi connectivity index (χ0) is 13.4. The van der Waals surface area contributed by atoms with Gasteiger partial charge in [-0.1, -0.05) is 18.5 Å². The Kier molecular flexibility index (Phi) is 3.21. The fourth-order valence-electron chi connectivity index (χ4n) is 2.05. The normalized spacial score (nSPS) is 11.1. The first-order chi connectivity index (χ1) is 9.19. The Hall–Kier alpha value is -1.52. The average Bonchev–Trinajstić information content (AvgIpc) is 2.79. The Morgan fingerprint density at radius 3 is 2.95 bits per heavy atom. The van der Waals surface area contributed by atoms with Gasteiger partial charge in [-0.3, -0.25) is 4.98 Å². The Bertz CT molecular complexity index is 752. The van der Waals surface area contributed by atoms with E-state index in [-0.39, 0.29) is 0 Å². The molecule has 5 heteroatoms. The molecular weight excluding hydrogens is 278 g/mol. The third-order valence-electron chi connectivity index (χ3n) is 2.99. The number of aromatic nitrogens is 3. The summed E-state index contributed by atoms with van der Waals surface area (Å²) in [5.74, 6) is 0.679. The molecule has 0 aliphatic carbocycles. The monoisotopic (exact) mass is 289 g/mol. The van der Waals surface area contributed by atoms with Gasteiger partial charge in [-0.15, -0.1) is 11.3 Å². The van der Waals surface area contributed by atoms with Crippen molar-refractivity contribution in [1.29, 1.82) is 0 Å². The molecule has 0 aliphatic rings. The van der Waals surface area contributed by atoms with Crippen LogP contribution in [0.1, 0.15) is 17.4 Å². The summed E-state index contributed by atoms with van der Waals surface area (Å²) < 4.78 is 0. The van der Waals surface area contributed by atoms with E-state index in [0.29, 0.717) is 11.0 Å². The molecule has 3 aromatic rings. The first-order valence-electron chi connectivity index (χ1n) is 6.06. The molecule has 0 saturated carbocycles. The number of hydrogen-bond acceptors (Lipinski definition) is 4. The van der Waals surface area contributed by atoms with Crippen molar-refractivity contribution in [2.75, 3.05) is 0 Å². The van der Waals surface area contributed by atoms with E-state index < -0.39 is 0 Å². The molecule has 3 nitrogen and oxygen atoms in total. The van der Waals surface area contributed by atoms with Gasteiger partial charge in [-0.05, 0) is 31.0 Å². The SMILES string of the molecule is CCc1cnccc1-c1nc(Cl)c2cc(C)sc2n1. The van der Waals surface area contributed by atoms with Gasteiger partial charge in [0, 0.05) is 28.2 Å². The first kappa shape index (κ1) is 12.5. The van der Waals surface area contributed by atoms with Crippen molar-refractivity contribution in [1.82, 2.24) is 15.0 Å². The first-order valence-corrected chi connectivity index (χ1v) is 7.25. The molecule has 0 aromatic carbocycles. The lowest BCUT2D eigenvalue weighted by Gasteiger charge is -2.06. The molecule has 0 aliphatic heterocycles. The number of pyridine rings is 1. The van der Waals surface area contributed by atoms with Crippen molar-refractivity contribution in [2.24, 2.45) is 0 Å². The smallest absolute Gasteiger partial charge is 0.162 e. The molecule has 0 radical (unpaired) electrons. The zero-order valence-corrected chi connectivity index (χ0v) is 12.2. The minimum atomic E-state index is 0.517. The van der Waals surface area contributed by atoms with Crippen LogP contribution in [0.4, 0.5) is 0 Å². The molecular formula is C14H12ClN3S. The highest BCUT2D eigenvalue weighted by Crippen LogP contribution is 2.31. The van der Waals surface area contributed by atoms with Crippen molar-refractivity contribution >= 4 is 33.2 Å². The predicted octanol–water partition coefficient (Wildman–Crippen LogP) is 4.28. The van der Waals surface area contributed by atoms with E-state index in [1.54, 1.807) is 17.5 Å². The lowest BCUT2D eigenvalue weighted by Crippen LogP contribution is -1.94. The van der Waals surface area contributed by atoms with Gasteiger partial charge in [0.2, 0.25) is 0 Å². The number of rotatable bonds is 2. The number of halogens is 1. The highest BCUT2D eigenvalue weighted by Gasteiger charge is 2.12. The summed E-state index contributed by atoms with van der Waals surface area (Å²) in [5, 5.41) is 1.45. The molecule has 0 fully saturated rings. The standard InChI is InChI=1S/C14H12ClN3S/c1-3-9-7-16-5-4-10(9)13-17-12(15)11-6-8(2)19-14(11)18-13/h4-7H,3H2,1-2H3. The van der Waals surface area contributed by atoms with E-state index in [4.69, 9.17) is 11.6 Å². The summed E-state index contributed by atoms with van der Waals surface area (Å²) in [4.78, 5) is 15.3. The Morgan fingerprint density at radius 1 is 1.32 bits per heavy atom. The lowest BCUT2D eigenvalue weighted by molar-refractivity contribution is 1.09. The summed E-state index contributed by atoms with van der Waals surface area (Å²) in [6, 6.07) is 3.97. The second-order valence-electron chi connectivity index (χ2n) is 4.30. The Balaban J connectivity index is 2.25. The minimum Gasteiger partial charge on any atom is -0.264 e. The number of nitrogens with zero attached hydrogens (tertiary/aromatic N) is 3. The van der Waals surface area contributed by atoms with Gasteiger partial charge < -0.3 is 0 Å². The molecule has 0 bridgehead atoms. The van der Waals surface area contributed by atoms with E-state index >= 15 is 0 Å². The van der Waals surface area contributed by atoms with Crippen LogP contribution in [0, 0.1) is 6.92 Å². The molecule has 0 atom stereocenters. The molecule has 3 aromatic heterocycles. The van der Waals surface area contributed by atoms with Gasteiger partial charge in [0.05, 0.1) is 0 Å². The Labute approximate surface area is 120 Å². The fraction of sp³-hybridized carbons (Fsp3) is 0.214. The van der Waals surface area contributed by atoms with Crippen LogP contribution in [0.15, 0.2) is 24.5 Å². The summed E-state index contributed by atoms with van der Waals surface area (Å²) >= 11 is 7.90. The molecule has 0 N–H and O–H groups in total. The van der Waals surface area contributed by atoms with E-state index in [9.17, 15) is 0 Å². The maximum atomic E-state index is 6.26.